The van der Waals surface area contributed by atoms with Crippen LogP contribution >= 0.6 is 0 Å². The van der Waals surface area contributed by atoms with Gasteiger partial charge >= 0.3 is 5.97 Å². The lowest BCUT2D eigenvalue weighted by Crippen LogP contribution is -2.66. The molecule has 0 radical (unpaired) electrons. The smallest absolute Gasteiger partial charge is 0.303 e. The molecule has 0 atom stereocenters. The second kappa shape index (κ2) is 12.4. The van der Waals surface area contributed by atoms with Crippen molar-refractivity contribution in [3.05, 3.63) is 131 Å². The highest BCUT2D eigenvalue weighted by Gasteiger charge is 2.50. The van der Waals surface area contributed by atoms with Crippen LogP contribution in [-0.4, -0.2) is 19.4 Å². The van der Waals surface area contributed by atoms with Crippen molar-refractivity contribution >= 4 is 24.7 Å². The van der Waals surface area contributed by atoms with Gasteiger partial charge < -0.3 is 9.53 Å². The highest BCUT2D eigenvalue weighted by molar-refractivity contribution is 6.99. The highest BCUT2D eigenvalue weighted by atomic mass is 28.4. The van der Waals surface area contributed by atoms with E-state index in [2.05, 4.69) is 124 Å². The van der Waals surface area contributed by atoms with Gasteiger partial charge in [0.1, 0.15) is 0 Å². The van der Waals surface area contributed by atoms with E-state index in [0.29, 0.717) is 13.0 Å². The second-order valence-electron chi connectivity index (χ2n) is 10.9. The average molecular weight is 523 g/mol. The number of carbonyl (C=O) groups is 1. The Balaban J connectivity index is 1.66. The van der Waals surface area contributed by atoms with E-state index < -0.39 is 14.3 Å². The number of hydrogen-bond donors (Lipinski definition) is 1. The van der Waals surface area contributed by atoms with E-state index >= 15 is 0 Å². The number of benzene rings is 4. The van der Waals surface area contributed by atoms with Gasteiger partial charge in [0.15, 0.2) is 0 Å². The fourth-order valence-electron chi connectivity index (χ4n) is 5.43. The lowest BCUT2D eigenvalue weighted by molar-refractivity contribution is -0.137. The van der Waals surface area contributed by atoms with E-state index in [1.165, 1.54) is 32.6 Å². The summed E-state index contributed by atoms with van der Waals surface area (Å²) in [6.45, 7) is 7.44. The molecule has 3 nitrogen and oxygen atoms in total. The molecule has 4 heteroatoms. The molecule has 38 heavy (non-hydrogen) atoms. The highest BCUT2D eigenvalue weighted by Crippen LogP contribution is 2.37. The standard InChI is InChI=1S/C34H38O3Si/c1-34(2,3)38(31-20-6-4-7-21-31,32-22-8-5-9-23-32)37-26-30-18-13-12-17-29(30)25-28-16-11-10-15-27(28)19-14-24-33(35)36/h4-13,15-18,20-23H,14,19,24-26H2,1-3H3,(H,35,36). The Morgan fingerprint density at radius 2 is 1.13 bits per heavy atom. The molecule has 4 aromatic rings. The molecule has 0 spiro atoms. The molecule has 0 amide bonds. The minimum Gasteiger partial charge on any atom is -0.481 e. The summed E-state index contributed by atoms with van der Waals surface area (Å²) in [6, 6.07) is 38.5. The lowest BCUT2D eigenvalue weighted by atomic mass is 9.94. The summed E-state index contributed by atoms with van der Waals surface area (Å²) in [4.78, 5) is 11.0. The summed E-state index contributed by atoms with van der Waals surface area (Å²) in [7, 11) is -2.64. The molecule has 0 bridgehead atoms. The lowest BCUT2D eigenvalue weighted by Gasteiger charge is -2.43. The van der Waals surface area contributed by atoms with Gasteiger partial charge in [0.05, 0.1) is 6.61 Å². The molecule has 0 aliphatic carbocycles. The molecule has 0 aromatic heterocycles. The maximum atomic E-state index is 11.0. The monoisotopic (exact) mass is 522 g/mol. The Kier molecular flexibility index (Phi) is 8.98. The molecule has 0 aliphatic heterocycles. The van der Waals surface area contributed by atoms with Gasteiger partial charge in [-0.1, -0.05) is 130 Å². The maximum absolute atomic E-state index is 11.0. The Labute approximate surface area is 228 Å². The average Bonchev–Trinajstić information content (AvgIpc) is 2.91. The van der Waals surface area contributed by atoms with Crippen molar-refractivity contribution in [3.8, 4) is 0 Å². The predicted molar refractivity (Wildman–Crippen MR) is 159 cm³/mol. The van der Waals surface area contributed by atoms with Crippen molar-refractivity contribution in [1.82, 2.24) is 0 Å². The maximum Gasteiger partial charge on any atom is 0.303 e. The summed E-state index contributed by atoms with van der Waals surface area (Å²) < 4.78 is 7.23. The van der Waals surface area contributed by atoms with Crippen molar-refractivity contribution in [1.29, 1.82) is 0 Å². The van der Waals surface area contributed by atoms with Gasteiger partial charge in [0, 0.05) is 6.42 Å². The Bertz CT molecular complexity index is 1290. The zero-order valence-electron chi connectivity index (χ0n) is 22.7. The van der Waals surface area contributed by atoms with Crippen molar-refractivity contribution in [2.75, 3.05) is 0 Å². The molecule has 0 heterocycles. The third kappa shape index (κ3) is 6.32. The van der Waals surface area contributed by atoms with E-state index in [9.17, 15) is 4.79 Å². The molecule has 0 fully saturated rings. The Hall–Kier alpha value is -3.47. The zero-order valence-corrected chi connectivity index (χ0v) is 23.7. The fraction of sp³-hybridized carbons (Fsp3) is 0.265. The minimum absolute atomic E-state index is 0.0820. The third-order valence-corrected chi connectivity index (χ3v) is 12.3. The number of aryl methyl sites for hydroxylation is 1. The molecular weight excluding hydrogens is 484 g/mol. The topological polar surface area (TPSA) is 46.5 Å². The number of aliphatic carboxylic acids is 1. The Morgan fingerprint density at radius 1 is 0.684 bits per heavy atom. The summed E-state index contributed by atoms with van der Waals surface area (Å²) in [5.41, 5.74) is 4.91. The second-order valence-corrected chi connectivity index (χ2v) is 15.2. The minimum atomic E-state index is -2.64. The molecule has 196 valence electrons. The van der Waals surface area contributed by atoms with Gasteiger partial charge in [-0.2, -0.15) is 0 Å². The molecule has 4 aromatic carbocycles. The van der Waals surface area contributed by atoms with Crippen LogP contribution in [0.4, 0.5) is 0 Å². The first-order valence-electron chi connectivity index (χ1n) is 13.4. The molecule has 1 N–H and O–H groups in total. The molecule has 0 aliphatic rings. The normalized spacial score (nSPS) is 11.9. The van der Waals surface area contributed by atoms with Crippen molar-refractivity contribution in [2.45, 2.75) is 58.1 Å². The summed E-state index contributed by atoms with van der Waals surface area (Å²) in [6.07, 6.45) is 2.40. The van der Waals surface area contributed by atoms with Crippen LogP contribution in [0.15, 0.2) is 109 Å². The van der Waals surface area contributed by atoms with E-state index in [-0.39, 0.29) is 11.5 Å². The van der Waals surface area contributed by atoms with E-state index in [1.807, 2.05) is 6.07 Å². The summed E-state index contributed by atoms with van der Waals surface area (Å²) in [5, 5.41) is 11.5. The first-order valence-corrected chi connectivity index (χ1v) is 15.3. The van der Waals surface area contributed by atoms with Gasteiger partial charge in [-0.05, 0) is 56.9 Å². The Morgan fingerprint density at radius 3 is 1.63 bits per heavy atom. The van der Waals surface area contributed by atoms with Gasteiger partial charge in [-0.25, -0.2) is 0 Å². The first-order chi connectivity index (χ1) is 18.3. The molecule has 4 rings (SSSR count). The van der Waals surface area contributed by atoms with E-state index in [0.717, 1.165) is 12.8 Å². The predicted octanol–water partition coefficient (Wildman–Crippen LogP) is 6.76. The van der Waals surface area contributed by atoms with E-state index in [4.69, 9.17) is 9.53 Å². The summed E-state index contributed by atoms with van der Waals surface area (Å²) >= 11 is 0. The van der Waals surface area contributed by atoms with Crippen LogP contribution in [0.1, 0.15) is 55.9 Å². The molecule has 0 unspecified atom stereocenters. The molecule has 0 saturated carbocycles. The number of hydrogen-bond acceptors (Lipinski definition) is 2. The quantitative estimate of drug-likeness (QED) is 0.221. The fourth-order valence-corrected chi connectivity index (χ4v) is 9.95. The number of carboxylic acid groups (broad SMARTS) is 1. The van der Waals surface area contributed by atoms with Crippen LogP contribution in [0.25, 0.3) is 0 Å². The van der Waals surface area contributed by atoms with Crippen LogP contribution in [0.2, 0.25) is 5.04 Å². The molecular formula is C34H38O3Si. The van der Waals surface area contributed by atoms with Crippen LogP contribution in [-0.2, 0) is 28.7 Å². The molecule has 0 saturated heterocycles. The first kappa shape index (κ1) is 27.6. The van der Waals surface area contributed by atoms with Crippen LogP contribution in [0.5, 0.6) is 0 Å². The van der Waals surface area contributed by atoms with Gasteiger partial charge in [0.25, 0.3) is 8.32 Å². The number of rotatable bonds is 11. The zero-order chi connectivity index (χ0) is 27.0. The van der Waals surface area contributed by atoms with Crippen LogP contribution in [0.3, 0.4) is 0 Å². The third-order valence-electron chi connectivity index (χ3n) is 7.32. The van der Waals surface area contributed by atoms with Crippen molar-refractivity contribution in [2.24, 2.45) is 0 Å². The van der Waals surface area contributed by atoms with Crippen molar-refractivity contribution < 1.29 is 14.3 Å². The van der Waals surface area contributed by atoms with Gasteiger partial charge in [-0.3, -0.25) is 4.79 Å². The van der Waals surface area contributed by atoms with Gasteiger partial charge in [0.2, 0.25) is 0 Å². The SMILES string of the molecule is CC(C)(C)[Si](OCc1ccccc1Cc1ccccc1CCCC(=O)O)(c1ccccc1)c1ccccc1. The van der Waals surface area contributed by atoms with E-state index in [1.54, 1.807) is 0 Å². The summed E-state index contributed by atoms with van der Waals surface area (Å²) in [5.74, 6) is -0.742. The van der Waals surface area contributed by atoms with Gasteiger partial charge in [-0.15, -0.1) is 0 Å². The number of carboxylic acids is 1. The largest absolute Gasteiger partial charge is 0.481 e. The van der Waals surface area contributed by atoms with Crippen molar-refractivity contribution in [3.63, 3.8) is 0 Å². The van der Waals surface area contributed by atoms with Crippen LogP contribution in [0, 0.1) is 0 Å². The van der Waals surface area contributed by atoms with Crippen LogP contribution < -0.4 is 10.4 Å².